The van der Waals surface area contributed by atoms with E-state index in [0.29, 0.717) is 11.1 Å². The summed E-state index contributed by atoms with van der Waals surface area (Å²) in [4.78, 5) is 27.4. The van der Waals surface area contributed by atoms with Crippen molar-refractivity contribution in [2.24, 2.45) is 0 Å². The number of carbonyl (C=O) groups excluding carboxylic acids is 2. The Labute approximate surface area is 122 Å². The van der Waals surface area contributed by atoms with Crippen molar-refractivity contribution in [3.8, 4) is 0 Å². The van der Waals surface area contributed by atoms with Gasteiger partial charge >= 0.3 is 0 Å². The Kier molecular flexibility index (Phi) is 3.65. The number of ketones is 2. The van der Waals surface area contributed by atoms with Crippen molar-refractivity contribution in [2.75, 3.05) is 0 Å². The number of aromatic amines is 1. The molecule has 3 aromatic rings. The fraction of sp³-hybridized carbons (Fsp3) is 0.111. The van der Waals surface area contributed by atoms with Crippen LogP contribution in [0.15, 0.2) is 60.8 Å². The average molecular weight is 277 g/mol. The second-order valence-corrected chi connectivity index (χ2v) is 4.96. The zero-order chi connectivity index (χ0) is 14.7. The molecule has 3 heteroatoms. The largest absolute Gasteiger partial charge is 0.360 e. The highest BCUT2D eigenvalue weighted by molar-refractivity contribution is 6.09. The molecule has 0 aliphatic heterocycles. The molecule has 0 radical (unpaired) electrons. The van der Waals surface area contributed by atoms with Crippen molar-refractivity contribution in [1.82, 2.24) is 4.98 Å². The maximum atomic E-state index is 12.3. The van der Waals surface area contributed by atoms with Crippen LogP contribution in [-0.4, -0.2) is 16.6 Å². The Morgan fingerprint density at radius 2 is 1.48 bits per heavy atom. The lowest BCUT2D eigenvalue weighted by atomic mass is 10.0. The van der Waals surface area contributed by atoms with E-state index in [0.717, 1.165) is 10.9 Å². The van der Waals surface area contributed by atoms with Gasteiger partial charge in [0, 0.05) is 41.1 Å². The number of aromatic nitrogens is 1. The molecule has 0 unspecified atom stereocenters. The SMILES string of the molecule is O=C(CCC(=O)c1c[nH]c2ccccc12)c1ccccc1. The van der Waals surface area contributed by atoms with Crippen LogP contribution < -0.4 is 0 Å². The quantitative estimate of drug-likeness (QED) is 0.716. The highest BCUT2D eigenvalue weighted by Gasteiger charge is 2.14. The normalized spacial score (nSPS) is 10.7. The van der Waals surface area contributed by atoms with Crippen molar-refractivity contribution in [3.63, 3.8) is 0 Å². The molecule has 0 aliphatic rings. The maximum Gasteiger partial charge on any atom is 0.165 e. The molecular formula is C18H15NO2. The van der Waals surface area contributed by atoms with Crippen LogP contribution in [0.25, 0.3) is 10.9 Å². The summed E-state index contributed by atoms with van der Waals surface area (Å²) in [6.45, 7) is 0. The first-order valence-corrected chi connectivity index (χ1v) is 6.93. The summed E-state index contributed by atoms with van der Waals surface area (Å²) < 4.78 is 0. The minimum Gasteiger partial charge on any atom is -0.360 e. The number of para-hydroxylation sites is 1. The standard InChI is InChI=1S/C18H15NO2/c20-17(13-6-2-1-3-7-13)10-11-18(21)15-12-19-16-9-5-4-8-14(15)16/h1-9,12,19H,10-11H2. The molecule has 0 saturated carbocycles. The van der Waals surface area contributed by atoms with Gasteiger partial charge in [-0.25, -0.2) is 0 Å². The molecule has 0 spiro atoms. The third-order valence-electron chi connectivity index (χ3n) is 3.56. The van der Waals surface area contributed by atoms with E-state index >= 15 is 0 Å². The smallest absolute Gasteiger partial charge is 0.165 e. The molecular weight excluding hydrogens is 262 g/mol. The van der Waals surface area contributed by atoms with Gasteiger partial charge in [0.25, 0.3) is 0 Å². The second-order valence-electron chi connectivity index (χ2n) is 4.96. The molecule has 3 rings (SSSR count). The molecule has 0 atom stereocenters. The lowest BCUT2D eigenvalue weighted by molar-refractivity contribution is 0.0918. The van der Waals surface area contributed by atoms with Gasteiger partial charge in [0.15, 0.2) is 11.6 Å². The number of H-pyrrole nitrogens is 1. The summed E-state index contributed by atoms with van der Waals surface area (Å²) in [6.07, 6.45) is 2.19. The third kappa shape index (κ3) is 2.77. The Balaban J connectivity index is 1.71. The lowest BCUT2D eigenvalue weighted by Gasteiger charge is -2.01. The summed E-state index contributed by atoms with van der Waals surface area (Å²) >= 11 is 0. The van der Waals surface area contributed by atoms with Gasteiger partial charge in [-0.15, -0.1) is 0 Å². The topological polar surface area (TPSA) is 49.9 Å². The van der Waals surface area contributed by atoms with Crippen molar-refractivity contribution in [3.05, 3.63) is 71.9 Å². The van der Waals surface area contributed by atoms with Crippen LogP contribution in [0, 0.1) is 0 Å². The van der Waals surface area contributed by atoms with Crippen LogP contribution in [0.4, 0.5) is 0 Å². The van der Waals surface area contributed by atoms with E-state index in [9.17, 15) is 9.59 Å². The van der Waals surface area contributed by atoms with Gasteiger partial charge in [-0.2, -0.15) is 0 Å². The summed E-state index contributed by atoms with van der Waals surface area (Å²) in [6, 6.07) is 16.8. The van der Waals surface area contributed by atoms with Crippen LogP contribution in [-0.2, 0) is 0 Å². The molecule has 1 heterocycles. The zero-order valence-electron chi connectivity index (χ0n) is 11.5. The predicted molar refractivity (Wildman–Crippen MR) is 82.6 cm³/mol. The van der Waals surface area contributed by atoms with Gasteiger partial charge in [0.1, 0.15) is 0 Å². The number of nitrogens with one attached hydrogen (secondary N) is 1. The lowest BCUT2D eigenvalue weighted by Crippen LogP contribution is -2.04. The first-order valence-electron chi connectivity index (χ1n) is 6.93. The molecule has 2 aromatic carbocycles. The Hall–Kier alpha value is -2.68. The molecule has 21 heavy (non-hydrogen) atoms. The van der Waals surface area contributed by atoms with Crippen molar-refractivity contribution < 1.29 is 9.59 Å². The number of hydrogen-bond acceptors (Lipinski definition) is 2. The van der Waals surface area contributed by atoms with E-state index in [-0.39, 0.29) is 24.4 Å². The van der Waals surface area contributed by atoms with Crippen LogP contribution in [0.1, 0.15) is 33.6 Å². The van der Waals surface area contributed by atoms with Gasteiger partial charge in [-0.05, 0) is 6.07 Å². The molecule has 0 aliphatic carbocycles. The number of fused-ring (bicyclic) bond motifs is 1. The molecule has 0 amide bonds. The first kappa shape index (κ1) is 13.3. The molecule has 0 saturated heterocycles. The van der Waals surface area contributed by atoms with Gasteiger partial charge in [-0.1, -0.05) is 48.5 Å². The predicted octanol–water partition coefficient (Wildman–Crippen LogP) is 4.01. The van der Waals surface area contributed by atoms with Crippen LogP contribution in [0.3, 0.4) is 0 Å². The monoisotopic (exact) mass is 277 g/mol. The van der Waals surface area contributed by atoms with Crippen LogP contribution in [0.2, 0.25) is 0 Å². The molecule has 3 nitrogen and oxygen atoms in total. The minimum absolute atomic E-state index is 0.00303. The summed E-state index contributed by atoms with van der Waals surface area (Å²) in [7, 11) is 0. The summed E-state index contributed by atoms with van der Waals surface area (Å²) in [5, 5.41) is 0.912. The fourth-order valence-electron chi connectivity index (χ4n) is 2.43. The second kappa shape index (κ2) is 5.75. The van der Waals surface area contributed by atoms with E-state index < -0.39 is 0 Å². The highest BCUT2D eigenvalue weighted by atomic mass is 16.1. The van der Waals surface area contributed by atoms with E-state index in [2.05, 4.69) is 4.98 Å². The number of benzene rings is 2. The number of rotatable bonds is 5. The third-order valence-corrected chi connectivity index (χ3v) is 3.56. The van der Waals surface area contributed by atoms with Crippen LogP contribution in [0.5, 0.6) is 0 Å². The van der Waals surface area contributed by atoms with Crippen molar-refractivity contribution in [2.45, 2.75) is 12.8 Å². The molecule has 0 fully saturated rings. The molecule has 0 bridgehead atoms. The van der Waals surface area contributed by atoms with E-state index in [1.807, 2.05) is 42.5 Å². The highest BCUT2D eigenvalue weighted by Crippen LogP contribution is 2.20. The molecule has 1 aromatic heterocycles. The van der Waals surface area contributed by atoms with Gasteiger partial charge in [-0.3, -0.25) is 9.59 Å². The van der Waals surface area contributed by atoms with Gasteiger partial charge in [0.2, 0.25) is 0 Å². The van der Waals surface area contributed by atoms with Crippen molar-refractivity contribution in [1.29, 1.82) is 0 Å². The van der Waals surface area contributed by atoms with E-state index in [1.165, 1.54) is 0 Å². The number of carbonyl (C=O) groups is 2. The first-order chi connectivity index (χ1) is 10.3. The average Bonchev–Trinajstić information content (AvgIpc) is 2.97. The molecule has 104 valence electrons. The summed E-state index contributed by atoms with van der Waals surface area (Å²) in [5.74, 6) is 0.000484. The van der Waals surface area contributed by atoms with E-state index in [1.54, 1.807) is 18.3 Å². The summed E-state index contributed by atoms with van der Waals surface area (Å²) in [5.41, 5.74) is 2.26. The van der Waals surface area contributed by atoms with Crippen molar-refractivity contribution >= 4 is 22.5 Å². The number of Topliss-reactive ketones (excluding diaryl/α,β-unsaturated/α-hetero) is 2. The maximum absolute atomic E-state index is 12.3. The minimum atomic E-state index is -0.00303. The fourth-order valence-corrected chi connectivity index (χ4v) is 2.43. The van der Waals surface area contributed by atoms with Gasteiger partial charge in [0.05, 0.1) is 0 Å². The Morgan fingerprint density at radius 1 is 0.810 bits per heavy atom. The van der Waals surface area contributed by atoms with Crippen LogP contribution >= 0.6 is 0 Å². The Morgan fingerprint density at radius 3 is 2.29 bits per heavy atom. The zero-order valence-corrected chi connectivity index (χ0v) is 11.5. The van der Waals surface area contributed by atoms with E-state index in [4.69, 9.17) is 0 Å². The molecule has 1 N–H and O–H groups in total. The number of hydrogen-bond donors (Lipinski definition) is 1. The van der Waals surface area contributed by atoms with Gasteiger partial charge < -0.3 is 4.98 Å². The Bertz CT molecular complexity index is 787.